The molecule has 1 fully saturated rings. The molecule has 1 saturated heterocycles. The molecule has 1 aliphatic heterocycles. The molecule has 174 valence electrons. The molecule has 2 aromatic carbocycles. The van der Waals surface area contributed by atoms with Crippen LogP contribution in [0.5, 0.6) is 5.75 Å². The summed E-state index contributed by atoms with van der Waals surface area (Å²) in [5.74, 6) is 0.782. The lowest BCUT2D eigenvalue weighted by molar-refractivity contribution is 0.0935. The van der Waals surface area contributed by atoms with Crippen molar-refractivity contribution in [3.05, 3.63) is 72.6 Å². The van der Waals surface area contributed by atoms with Crippen LogP contribution in [-0.2, 0) is 0 Å². The fourth-order valence-corrected chi connectivity index (χ4v) is 4.12. The Bertz CT molecular complexity index is 1250. The third-order valence-electron chi connectivity index (χ3n) is 6.06. The van der Waals surface area contributed by atoms with Gasteiger partial charge in [-0.15, -0.1) is 10.2 Å². The van der Waals surface area contributed by atoms with Crippen LogP contribution in [0.3, 0.4) is 0 Å². The van der Waals surface area contributed by atoms with Crippen LogP contribution < -0.4 is 15.0 Å². The molecule has 0 bridgehead atoms. The minimum atomic E-state index is -0.276. The average molecular weight is 458 g/mol. The number of nitrogens with one attached hydrogen (secondary N) is 1. The molecule has 0 spiro atoms. The molecule has 3 heterocycles. The van der Waals surface area contributed by atoms with E-state index in [2.05, 4.69) is 42.5 Å². The van der Waals surface area contributed by atoms with Gasteiger partial charge in [0.05, 0.1) is 12.8 Å². The van der Waals surface area contributed by atoms with E-state index in [0.717, 1.165) is 49.7 Å². The first-order valence-corrected chi connectivity index (χ1v) is 11.4. The van der Waals surface area contributed by atoms with E-state index in [1.807, 2.05) is 54.6 Å². The summed E-state index contributed by atoms with van der Waals surface area (Å²) in [5, 5.41) is 15.7. The van der Waals surface area contributed by atoms with Gasteiger partial charge in [-0.05, 0) is 36.4 Å². The van der Waals surface area contributed by atoms with E-state index in [0.29, 0.717) is 12.2 Å². The summed E-state index contributed by atoms with van der Waals surface area (Å²) in [6.07, 6.45) is 0. The Labute approximate surface area is 198 Å². The van der Waals surface area contributed by atoms with E-state index in [1.165, 1.54) is 10.2 Å². The first-order valence-electron chi connectivity index (χ1n) is 11.4. The number of fused-ring (bicyclic) bond motifs is 1. The van der Waals surface area contributed by atoms with Crippen molar-refractivity contribution in [1.29, 1.82) is 0 Å². The molecule has 1 aliphatic rings. The Kier molecular flexibility index (Phi) is 6.35. The number of benzene rings is 2. The van der Waals surface area contributed by atoms with Crippen molar-refractivity contribution in [2.24, 2.45) is 0 Å². The van der Waals surface area contributed by atoms with Gasteiger partial charge in [-0.25, -0.2) is 0 Å². The van der Waals surface area contributed by atoms with Gasteiger partial charge in [0, 0.05) is 50.5 Å². The van der Waals surface area contributed by atoms with Crippen LogP contribution in [0.4, 0.5) is 5.69 Å². The monoisotopic (exact) mass is 457 g/mol. The number of rotatable bonds is 7. The van der Waals surface area contributed by atoms with E-state index >= 15 is 0 Å². The molecule has 0 aliphatic carbocycles. The number of hydrogen-bond acceptors (Lipinski definition) is 7. The van der Waals surface area contributed by atoms with Crippen molar-refractivity contribution >= 4 is 17.2 Å². The Morgan fingerprint density at radius 3 is 2.44 bits per heavy atom. The molecule has 9 nitrogen and oxygen atoms in total. The summed E-state index contributed by atoms with van der Waals surface area (Å²) in [5.41, 5.74) is 3.48. The van der Waals surface area contributed by atoms with Crippen LogP contribution in [0.1, 0.15) is 10.6 Å². The van der Waals surface area contributed by atoms with Gasteiger partial charge in [0.1, 0.15) is 5.75 Å². The zero-order chi connectivity index (χ0) is 23.3. The largest absolute Gasteiger partial charge is 0.497 e. The van der Waals surface area contributed by atoms with Crippen molar-refractivity contribution in [1.82, 2.24) is 30.0 Å². The summed E-state index contributed by atoms with van der Waals surface area (Å²) in [6, 6.07) is 21.7. The van der Waals surface area contributed by atoms with Crippen LogP contribution in [0.25, 0.3) is 16.9 Å². The number of carbonyl (C=O) groups excluding carboxylic acids is 1. The highest BCUT2D eigenvalue weighted by Gasteiger charge is 2.19. The first kappa shape index (κ1) is 21.8. The lowest BCUT2D eigenvalue weighted by atomic mass is 10.1. The maximum Gasteiger partial charge on any atom is 0.291 e. The molecule has 0 unspecified atom stereocenters. The van der Waals surface area contributed by atoms with Gasteiger partial charge in [0.15, 0.2) is 5.65 Å². The molecule has 2 aromatic heterocycles. The number of anilines is 1. The standard InChI is InChI=1S/C25H27N7O2/c1-34-21-9-7-20(8-10-21)31-17-15-30(16-18-31)14-13-26-25(33)24-28-27-23-12-11-22(29-32(23)24)19-5-3-2-4-6-19/h2-12H,13-18H2,1H3,(H,26,33). The molecule has 0 atom stereocenters. The highest BCUT2D eigenvalue weighted by atomic mass is 16.5. The smallest absolute Gasteiger partial charge is 0.291 e. The van der Waals surface area contributed by atoms with Gasteiger partial charge in [0.2, 0.25) is 5.82 Å². The molecule has 0 saturated carbocycles. The van der Waals surface area contributed by atoms with Gasteiger partial charge < -0.3 is 15.0 Å². The van der Waals surface area contributed by atoms with Gasteiger partial charge >= 0.3 is 0 Å². The summed E-state index contributed by atoms with van der Waals surface area (Å²) in [4.78, 5) is 17.5. The number of aromatic nitrogens is 4. The Morgan fingerprint density at radius 2 is 1.71 bits per heavy atom. The van der Waals surface area contributed by atoms with Crippen LogP contribution in [0, 0.1) is 0 Å². The second-order valence-electron chi connectivity index (χ2n) is 8.16. The molecule has 9 heteroatoms. The minimum absolute atomic E-state index is 0.192. The zero-order valence-corrected chi connectivity index (χ0v) is 19.1. The van der Waals surface area contributed by atoms with Crippen LogP contribution >= 0.6 is 0 Å². The fraction of sp³-hybridized carbons (Fsp3) is 0.280. The summed E-state index contributed by atoms with van der Waals surface area (Å²) < 4.78 is 6.74. The van der Waals surface area contributed by atoms with E-state index in [9.17, 15) is 4.79 Å². The third kappa shape index (κ3) is 4.69. The minimum Gasteiger partial charge on any atom is -0.497 e. The summed E-state index contributed by atoms with van der Waals surface area (Å²) >= 11 is 0. The number of piperazine rings is 1. The van der Waals surface area contributed by atoms with E-state index in [4.69, 9.17) is 4.74 Å². The highest BCUT2D eigenvalue weighted by molar-refractivity contribution is 5.91. The number of methoxy groups -OCH3 is 1. The molecular weight excluding hydrogens is 430 g/mol. The van der Waals surface area contributed by atoms with E-state index in [1.54, 1.807) is 7.11 Å². The van der Waals surface area contributed by atoms with Crippen LogP contribution in [-0.4, -0.2) is 77.0 Å². The van der Waals surface area contributed by atoms with Crippen molar-refractivity contribution in [3.63, 3.8) is 0 Å². The number of carbonyl (C=O) groups is 1. The lowest BCUT2D eigenvalue weighted by Crippen LogP contribution is -2.48. The second-order valence-corrected chi connectivity index (χ2v) is 8.16. The molecular formula is C25H27N7O2. The van der Waals surface area contributed by atoms with Gasteiger partial charge in [-0.2, -0.15) is 9.61 Å². The van der Waals surface area contributed by atoms with Crippen LogP contribution in [0.2, 0.25) is 0 Å². The number of nitrogens with zero attached hydrogens (tertiary/aromatic N) is 6. The van der Waals surface area contributed by atoms with E-state index < -0.39 is 0 Å². The maximum absolute atomic E-state index is 12.8. The quantitative estimate of drug-likeness (QED) is 0.456. The number of ether oxygens (including phenoxy) is 1. The van der Waals surface area contributed by atoms with Crippen LogP contribution in [0.15, 0.2) is 66.7 Å². The van der Waals surface area contributed by atoms with Gasteiger partial charge in [-0.3, -0.25) is 9.69 Å². The molecule has 4 aromatic rings. The van der Waals surface area contributed by atoms with Crippen molar-refractivity contribution in [2.45, 2.75) is 0 Å². The SMILES string of the molecule is COc1ccc(N2CCN(CCNC(=O)c3nnc4ccc(-c5ccccc5)nn34)CC2)cc1. The number of amides is 1. The number of hydrogen-bond donors (Lipinski definition) is 1. The lowest BCUT2D eigenvalue weighted by Gasteiger charge is -2.36. The molecule has 1 amide bonds. The Morgan fingerprint density at radius 1 is 0.941 bits per heavy atom. The highest BCUT2D eigenvalue weighted by Crippen LogP contribution is 2.20. The predicted molar refractivity (Wildman–Crippen MR) is 130 cm³/mol. The summed E-state index contributed by atoms with van der Waals surface area (Å²) in [7, 11) is 1.68. The van der Waals surface area contributed by atoms with E-state index in [-0.39, 0.29) is 11.7 Å². The van der Waals surface area contributed by atoms with Gasteiger partial charge in [-0.1, -0.05) is 30.3 Å². The average Bonchev–Trinajstić information content (AvgIpc) is 3.33. The molecule has 5 rings (SSSR count). The molecule has 0 radical (unpaired) electrons. The van der Waals surface area contributed by atoms with Crippen molar-refractivity contribution < 1.29 is 9.53 Å². The Hall–Kier alpha value is -3.98. The topological polar surface area (TPSA) is 87.9 Å². The molecule has 1 N–H and O–H groups in total. The Balaban J connectivity index is 1.15. The van der Waals surface area contributed by atoms with Crippen molar-refractivity contribution in [3.8, 4) is 17.0 Å². The normalized spacial score (nSPS) is 14.3. The molecule has 34 heavy (non-hydrogen) atoms. The predicted octanol–water partition coefficient (Wildman–Crippen LogP) is 2.35. The fourth-order valence-electron chi connectivity index (χ4n) is 4.12. The van der Waals surface area contributed by atoms with Crippen molar-refractivity contribution in [2.75, 3.05) is 51.3 Å². The van der Waals surface area contributed by atoms with Gasteiger partial charge in [0.25, 0.3) is 5.91 Å². The second kappa shape index (κ2) is 9.88. The first-order chi connectivity index (χ1) is 16.7. The summed E-state index contributed by atoms with van der Waals surface area (Å²) in [6.45, 7) is 5.09. The third-order valence-corrected chi connectivity index (χ3v) is 6.06. The maximum atomic E-state index is 12.8. The zero-order valence-electron chi connectivity index (χ0n) is 19.1.